The molecule has 0 unspecified atom stereocenters. The van der Waals surface area contributed by atoms with Gasteiger partial charge in [-0.05, 0) is 37.1 Å². The maximum atomic E-state index is 10.6. The van der Waals surface area contributed by atoms with Crippen molar-refractivity contribution in [2.24, 2.45) is 0 Å². The predicted molar refractivity (Wildman–Crippen MR) is 126 cm³/mol. The number of amides is 1. The lowest BCUT2D eigenvalue weighted by Gasteiger charge is -2.14. The number of nitrogens with zero attached hydrogens (tertiary/aromatic N) is 2. The summed E-state index contributed by atoms with van der Waals surface area (Å²) < 4.78 is 13.9. The van der Waals surface area contributed by atoms with Crippen LogP contribution >= 0.6 is 11.9 Å². The minimum atomic E-state index is 0.532. The number of hydrogen-bond donors (Lipinski definition) is 3. The molecule has 0 fully saturated rings. The summed E-state index contributed by atoms with van der Waals surface area (Å²) in [5.74, 6) is 2.37. The zero-order chi connectivity index (χ0) is 22.1. The number of carbonyl (C=O) groups is 1. The molecule has 0 bridgehead atoms. The maximum absolute atomic E-state index is 10.6. The van der Waals surface area contributed by atoms with Crippen LogP contribution in [0.3, 0.4) is 0 Å². The Labute approximate surface area is 184 Å². The van der Waals surface area contributed by atoms with E-state index >= 15 is 0 Å². The molecule has 1 amide bonds. The summed E-state index contributed by atoms with van der Waals surface area (Å²) in [4.78, 5) is 20.9. The summed E-state index contributed by atoms with van der Waals surface area (Å²) in [5, 5.41) is 5.84. The van der Waals surface area contributed by atoms with Gasteiger partial charge in [-0.25, -0.2) is 9.97 Å². The van der Waals surface area contributed by atoms with Gasteiger partial charge in [0.1, 0.15) is 11.5 Å². The first kappa shape index (κ1) is 22.0. The van der Waals surface area contributed by atoms with Gasteiger partial charge in [0.2, 0.25) is 6.41 Å². The normalized spacial score (nSPS) is 11.4. The molecule has 0 saturated carbocycles. The number of methoxy groups -OCH3 is 2. The topological polar surface area (TPSA) is 97.4 Å². The molecule has 0 spiro atoms. The zero-order valence-electron chi connectivity index (χ0n) is 17.4. The summed E-state index contributed by atoms with van der Waals surface area (Å²) in [7, 11) is 3.20. The minimum Gasteiger partial charge on any atom is -0.497 e. The van der Waals surface area contributed by atoms with Crippen molar-refractivity contribution in [2.45, 2.75) is 6.92 Å². The molecule has 0 atom stereocenters. The van der Waals surface area contributed by atoms with Crippen LogP contribution in [-0.2, 0) is 4.79 Å². The van der Waals surface area contributed by atoms with Crippen LogP contribution in [0.4, 0.5) is 17.3 Å². The van der Waals surface area contributed by atoms with Gasteiger partial charge in [0.15, 0.2) is 11.6 Å². The van der Waals surface area contributed by atoms with Crippen molar-refractivity contribution < 1.29 is 14.3 Å². The van der Waals surface area contributed by atoms with Gasteiger partial charge < -0.3 is 24.8 Å². The molecule has 0 aliphatic rings. The number of allylic oxidation sites excluding steroid dienone is 2. The number of hydrogen-bond acceptors (Lipinski definition) is 8. The Kier molecular flexibility index (Phi) is 7.72. The van der Waals surface area contributed by atoms with E-state index in [1.807, 2.05) is 55.5 Å². The Hall–Kier alpha value is -3.72. The number of nitrogens with one attached hydrogen (secondary N) is 3. The molecule has 0 aliphatic carbocycles. The molecule has 9 heteroatoms. The quantitative estimate of drug-likeness (QED) is 0.240. The van der Waals surface area contributed by atoms with E-state index in [1.165, 1.54) is 11.9 Å². The van der Waals surface area contributed by atoms with E-state index in [4.69, 9.17) is 19.4 Å². The fraction of sp³-hybridized carbons (Fsp3) is 0.136. The molecule has 3 rings (SSSR count). The predicted octanol–water partition coefficient (Wildman–Crippen LogP) is 4.61. The first-order valence-corrected chi connectivity index (χ1v) is 10.2. The van der Waals surface area contributed by atoms with Crippen LogP contribution in [0.1, 0.15) is 6.92 Å². The second-order valence-electron chi connectivity index (χ2n) is 6.17. The number of aromatic nitrogens is 2. The molecule has 2 aromatic carbocycles. The molecular weight excluding hydrogens is 414 g/mol. The first-order valence-electron chi connectivity index (χ1n) is 9.39. The molecule has 0 aliphatic heterocycles. The number of para-hydroxylation sites is 2. The van der Waals surface area contributed by atoms with E-state index in [9.17, 15) is 4.79 Å². The van der Waals surface area contributed by atoms with Crippen molar-refractivity contribution in [3.8, 4) is 11.5 Å². The van der Waals surface area contributed by atoms with Crippen LogP contribution in [0.2, 0.25) is 0 Å². The molecule has 3 N–H and O–H groups in total. The lowest BCUT2D eigenvalue weighted by Crippen LogP contribution is -2.04. The number of benzene rings is 2. The van der Waals surface area contributed by atoms with Gasteiger partial charge in [0.05, 0.1) is 25.3 Å². The lowest BCUT2D eigenvalue weighted by atomic mass is 10.2. The molecule has 160 valence electrons. The minimum absolute atomic E-state index is 0.532. The van der Waals surface area contributed by atoms with Crippen molar-refractivity contribution in [2.75, 3.05) is 24.3 Å². The van der Waals surface area contributed by atoms with Crippen LogP contribution in [0, 0.1) is 0 Å². The highest BCUT2D eigenvalue weighted by Crippen LogP contribution is 2.32. The Bertz CT molecular complexity index is 1100. The number of fused-ring (bicyclic) bond motifs is 1. The average molecular weight is 438 g/mol. The number of ether oxygens (including phenoxy) is 2. The number of carbonyl (C=O) groups excluding carboxylic acids is 1. The third-order valence-electron chi connectivity index (χ3n) is 4.07. The molecule has 0 saturated heterocycles. The van der Waals surface area contributed by atoms with E-state index in [0.717, 1.165) is 21.6 Å². The molecular formula is C22H23N5O3S. The van der Waals surface area contributed by atoms with Gasteiger partial charge in [-0.3, -0.25) is 4.79 Å². The van der Waals surface area contributed by atoms with E-state index in [-0.39, 0.29) is 0 Å². The second kappa shape index (κ2) is 10.9. The molecule has 1 heterocycles. The second-order valence-corrected chi connectivity index (χ2v) is 7.05. The van der Waals surface area contributed by atoms with Gasteiger partial charge >= 0.3 is 0 Å². The summed E-state index contributed by atoms with van der Waals surface area (Å²) in [6.07, 6.45) is 5.95. The van der Waals surface area contributed by atoms with Crippen LogP contribution in [0.5, 0.6) is 11.5 Å². The van der Waals surface area contributed by atoms with E-state index in [2.05, 4.69) is 15.4 Å². The van der Waals surface area contributed by atoms with E-state index < -0.39 is 0 Å². The highest BCUT2D eigenvalue weighted by molar-refractivity contribution is 8.04. The summed E-state index contributed by atoms with van der Waals surface area (Å²) in [6.45, 7) is 1.90. The van der Waals surface area contributed by atoms with Crippen molar-refractivity contribution in [3.63, 3.8) is 0 Å². The van der Waals surface area contributed by atoms with Crippen LogP contribution < -0.4 is 24.8 Å². The Balaban J connectivity index is 1.97. The summed E-state index contributed by atoms with van der Waals surface area (Å²) in [5.41, 5.74) is 2.24. The van der Waals surface area contributed by atoms with Crippen LogP contribution in [-0.4, -0.2) is 30.6 Å². The lowest BCUT2D eigenvalue weighted by molar-refractivity contribution is -0.108. The molecule has 3 aromatic rings. The number of anilines is 3. The molecule has 1 aromatic heterocycles. The van der Waals surface area contributed by atoms with Crippen LogP contribution in [0.25, 0.3) is 11.0 Å². The smallest absolute Gasteiger partial charge is 0.211 e. The van der Waals surface area contributed by atoms with Crippen molar-refractivity contribution in [3.05, 3.63) is 65.7 Å². The first-order chi connectivity index (χ1) is 15.2. The molecule has 31 heavy (non-hydrogen) atoms. The Morgan fingerprint density at radius 2 is 1.65 bits per heavy atom. The Morgan fingerprint density at radius 3 is 2.23 bits per heavy atom. The average Bonchev–Trinajstić information content (AvgIpc) is 2.80. The highest BCUT2D eigenvalue weighted by atomic mass is 32.2. The van der Waals surface area contributed by atoms with Gasteiger partial charge in [-0.1, -0.05) is 18.2 Å². The molecule has 0 radical (unpaired) electrons. The van der Waals surface area contributed by atoms with E-state index in [0.29, 0.717) is 29.5 Å². The van der Waals surface area contributed by atoms with E-state index in [1.54, 1.807) is 26.5 Å². The SMILES string of the molecule is C/C=C\C(=C/NC=O)SNc1nc2ccccc2nc1Nc1cc(OC)cc(OC)c1. The van der Waals surface area contributed by atoms with Crippen LogP contribution in [0.15, 0.2) is 65.7 Å². The maximum Gasteiger partial charge on any atom is 0.211 e. The largest absolute Gasteiger partial charge is 0.497 e. The number of rotatable bonds is 10. The molecule has 8 nitrogen and oxygen atoms in total. The third-order valence-corrected chi connectivity index (χ3v) is 4.86. The van der Waals surface area contributed by atoms with Gasteiger partial charge in [0, 0.05) is 35.0 Å². The van der Waals surface area contributed by atoms with Gasteiger partial charge in [-0.2, -0.15) is 0 Å². The summed E-state index contributed by atoms with van der Waals surface area (Å²) in [6, 6.07) is 13.1. The fourth-order valence-corrected chi connectivity index (χ4v) is 3.36. The fourth-order valence-electron chi connectivity index (χ4n) is 2.67. The highest BCUT2D eigenvalue weighted by Gasteiger charge is 2.12. The van der Waals surface area contributed by atoms with Crippen molar-refractivity contribution in [1.82, 2.24) is 15.3 Å². The Morgan fingerprint density at radius 1 is 1.00 bits per heavy atom. The zero-order valence-corrected chi connectivity index (χ0v) is 18.2. The third kappa shape index (κ3) is 5.89. The monoisotopic (exact) mass is 437 g/mol. The van der Waals surface area contributed by atoms with Crippen molar-refractivity contribution in [1.29, 1.82) is 0 Å². The summed E-state index contributed by atoms with van der Waals surface area (Å²) >= 11 is 1.30. The van der Waals surface area contributed by atoms with Gasteiger partial charge in [-0.15, -0.1) is 0 Å². The standard InChI is InChI=1S/C22H23N5O3S/c1-4-7-18(13-23-14-28)31-27-22-21(25-19-8-5-6-9-20(19)26-22)24-15-10-16(29-2)12-17(11-15)30-3/h4-14H,1-3H3,(H,23,28)(H,24,25)(H,26,27)/b7-4-,18-13+. The van der Waals surface area contributed by atoms with Gasteiger partial charge in [0.25, 0.3) is 0 Å². The van der Waals surface area contributed by atoms with Crippen molar-refractivity contribution >= 4 is 46.7 Å².